The fraction of sp³-hybridized carbons (Fsp3) is 0.500. The molecule has 8 heteroatoms. The summed E-state index contributed by atoms with van der Waals surface area (Å²) in [4.78, 5) is 65.8. The van der Waals surface area contributed by atoms with Crippen molar-refractivity contribution in [1.29, 1.82) is 0 Å². The highest BCUT2D eigenvalue weighted by atomic mass is 16.2. The van der Waals surface area contributed by atoms with Crippen LogP contribution in [-0.2, 0) is 30.5 Å². The number of ketones is 2. The van der Waals surface area contributed by atoms with E-state index in [-0.39, 0.29) is 72.8 Å². The summed E-state index contributed by atoms with van der Waals surface area (Å²) in [7, 11) is 0. The number of carbonyl (C=O) groups excluding carboxylic acids is 5. The molecule has 246 valence electrons. The van der Waals surface area contributed by atoms with Gasteiger partial charge in [0.25, 0.3) is 0 Å². The highest BCUT2D eigenvalue weighted by Crippen LogP contribution is 2.26. The Bertz CT molecular complexity index is 1480. The lowest BCUT2D eigenvalue weighted by molar-refractivity contribution is -0.131. The average molecular weight is 628 g/mol. The van der Waals surface area contributed by atoms with Gasteiger partial charge in [0.2, 0.25) is 17.7 Å². The van der Waals surface area contributed by atoms with Crippen molar-refractivity contribution in [3.63, 3.8) is 0 Å². The number of hydrogen-bond donors (Lipinski definition) is 2. The maximum absolute atomic E-state index is 13.3. The molecule has 8 nitrogen and oxygen atoms in total. The van der Waals surface area contributed by atoms with Gasteiger partial charge >= 0.3 is 0 Å². The second-order valence-corrected chi connectivity index (χ2v) is 13.7. The lowest BCUT2D eigenvalue weighted by Gasteiger charge is -2.26. The summed E-state index contributed by atoms with van der Waals surface area (Å²) >= 11 is 0. The van der Waals surface area contributed by atoms with Crippen LogP contribution in [0.4, 0.5) is 5.69 Å². The number of amides is 3. The van der Waals surface area contributed by atoms with Crippen LogP contribution in [0.2, 0.25) is 0 Å². The van der Waals surface area contributed by atoms with Crippen molar-refractivity contribution >= 4 is 35.0 Å². The molecule has 1 aliphatic rings. The number of anilines is 1. The lowest BCUT2D eigenvalue weighted by atomic mass is 9.85. The summed E-state index contributed by atoms with van der Waals surface area (Å²) < 4.78 is 0. The van der Waals surface area contributed by atoms with Gasteiger partial charge in [-0.05, 0) is 47.9 Å². The molecule has 3 rings (SSSR count). The Morgan fingerprint density at radius 2 is 1.43 bits per heavy atom. The number of nitrogens with zero attached hydrogens (tertiary/aromatic N) is 1. The molecule has 1 heterocycles. The van der Waals surface area contributed by atoms with Crippen molar-refractivity contribution in [3.05, 3.63) is 65.2 Å². The van der Waals surface area contributed by atoms with Gasteiger partial charge in [-0.2, -0.15) is 0 Å². The molecule has 2 aromatic carbocycles. The zero-order chi connectivity index (χ0) is 33.9. The van der Waals surface area contributed by atoms with Gasteiger partial charge < -0.3 is 15.5 Å². The van der Waals surface area contributed by atoms with E-state index in [0.29, 0.717) is 19.4 Å². The monoisotopic (exact) mass is 627 g/mol. The number of fused-ring (bicyclic) bond motifs is 2. The minimum atomic E-state index is -0.684. The summed E-state index contributed by atoms with van der Waals surface area (Å²) in [5.41, 5.74) is 3.40. The van der Waals surface area contributed by atoms with Crippen LogP contribution in [0.3, 0.4) is 0 Å². The first-order valence-electron chi connectivity index (χ1n) is 16.4. The van der Waals surface area contributed by atoms with Crippen molar-refractivity contribution in [2.45, 2.75) is 99.1 Å². The second kappa shape index (κ2) is 16.9. The number of carbonyl (C=O) groups is 5. The fourth-order valence-corrected chi connectivity index (χ4v) is 5.30. The van der Waals surface area contributed by atoms with E-state index in [1.807, 2.05) is 62.4 Å². The van der Waals surface area contributed by atoms with Gasteiger partial charge in [-0.15, -0.1) is 0 Å². The zero-order valence-corrected chi connectivity index (χ0v) is 28.2. The average Bonchev–Trinajstić information content (AvgIpc) is 2.99. The first-order chi connectivity index (χ1) is 21.7. The van der Waals surface area contributed by atoms with E-state index < -0.39 is 12.0 Å². The van der Waals surface area contributed by atoms with E-state index in [1.165, 1.54) is 0 Å². The molecule has 46 heavy (non-hydrogen) atoms. The largest absolute Gasteiger partial charge is 0.356 e. The van der Waals surface area contributed by atoms with Gasteiger partial charge in [-0.25, -0.2) is 0 Å². The summed E-state index contributed by atoms with van der Waals surface area (Å²) in [6.45, 7) is 12.3. The molecule has 0 radical (unpaired) electrons. The molecule has 0 spiro atoms. The summed E-state index contributed by atoms with van der Waals surface area (Å²) in [5, 5.41) is 5.61. The molecule has 2 aromatic rings. The summed E-state index contributed by atoms with van der Waals surface area (Å²) in [6.07, 6.45) is 1.92. The lowest BCUT2D eigenvalue weighted by Crippen LogP contribution is -2.45. The van der Waals surface area contributed by atoms with Gasteiger partial charge in [0.15, 0.2) is 5.78 Å². The SMILES string of the molecule is CC(C)[C@H](NC(=O)CCCC(=O)NCCC(=O)N1Cc2ccccc2C#Cc2ccccc21)C(=O)C[C@@H](C)C(=O)CCC(C)(C)C. The Hall–Kier alpha value is -4.25. The Morgan fingerprint density at radius 1 is 0.804 bits per heavy atom. The molecule has 3 amide bonds. The van der Waals surface area contributed by atoms with Crippen molar-refractivity contribution in [3.8, 4) is 11.8 Å². The van der Waals surface area contributed by atoms with Crippen molar-refractivity contribution in [1.82, 2.24) is 10.6 Å². The highest BCUT2D eigenvalue weighted by Gasteiger charge is 2.28. The second-order valence-electron chi connectivity index (χ2n) is 13.7. The molecule has 0 unspecified atom stereocenters. The van der Waals surface area contributed by atoms with Gasteiger partial charge in [0, 0.05) is 55.7 Å². The van der Waals surface area contributed by atoms with E-state index in [9.17, 15) is 24.0 Å². The van der Waals surface area contributed by atoms with E-state index in [0.717, 1.165) is 28.8 Å². The summed E-state index contributed by atoms with van der Waals surface area (Å²) in [6, 6.07) is 14.6. The Morgan fingerprint density at radius 3 is 2.13 bits per heavy atom. The van der Waals surface area contributed by atoms with Crippen LogP contribution in [0.1, 0.15) is 103 Å². The topological polar surface area (TPSA) is 113 Å². The number of hydrogen-bond acceptors (Lipinski definition) is 5. The molecule has 0 saturated carbocycles. The molecule has 0 aliphatic carbocycles. The van der Waals surface area contributed by atoms with E-state index >= 15 is 0 Å². The molecule has 0 aromatic heterocycles. The molecule has 0 saturated heterocycles. The van der Waals surface area contributed by atoms with E-state index in [4.69, 9.17) is 0 Å². The van der Waals surface area contributed by atoms with Crippen LogP contribution in [0.25, 0.3) is 0 Å². The number of para-hydroxylation sites is 1. The van der Waals surface area contributed by atoms with Crippen LogP contribution >= 0.6 is 0 Å². The third kappa shape index (κ3) is 11.3. The van der Waals surface area contributed by atoms with Crippen molar-refractivity contribution in [2.24, 2.45) is 17.3 Å². The van der Waals surface area contributed by atoms with E-state index in [1.54, 1.807) is 11.8 Å². The van der Waals surface area contributed by atoms with Gasteiger partial charge in [-0.3, -0.25) is 24.0 Å². The summed E-state index contributed by atoms with van der Waals surface area (Å²) in [5.74, 6) is 5.10. The van der Waals surface area contributed by atoms with Crippen LogP contribution in [0.5, 0.6) is 0 Å². The van der Waals surface area contributed by atoms with Crippen LogP contribution in [-0.4, -0.2) is 41.9 Å². The highest BCUT2D eigenvalue weighted by molar-refractivity contribution is 5.95. The first kappa shape index (κ1) is 36.2. The third-order valence-corrected chi connectivity index (χ3v) is 8.15. The molecular formula is C38H49N3O5. The third-order valence-electron chi connectivity index (χ3n) is 8.15. The number of rotatable bonds is 15. The first-order valence-corrected chi connectivity index (χ1v) is 16.4. The fourth-order valence-electron chi connectivity index (χ4n) is 5.30. The number of Topliss-reactive ketones (excluding diaryl/α,β-unsaturated/α-hetero) is 2. The molecule has 0 fully saturated rings. The van der Waals surface area contributed by atoms with Gasteiger partial charge in [0.05, 0.1) is 18.3 Å². The minimum Gasteiger partial charge on any atom is -0.356 e. The maximum Gasteiger partial charge on any atom is 0.229 e. The smallest absolute Gasteiger partial charge is 0.229 e. The minimum absolute atomic E-state index is 0.0464. The predicted octanol–water partition coefficient (Wildman–Crippen LogP) is 5.74. The molecular weight excluding hydrogens is 578 g/mol. The Balaban J connectivity index is 1.43. The molecule has 2 N–H and O–H groups in total. The van der Waals surface area contributed by atoms with Gasteiger partial charge in [-0.1, -0.05) is 83.7 Å². The van der Waals surface area contributed by atoms with Crippen molar-refractivity contribution < 1.29 is 24.0 Å². The number of benzene rings is 2. The Kier molecular flexibility index (Phi) is 13.3. The zero-order valence-electron chi connectivity index (χ0n) is 28.2. The molecule has 1 aliphatic heterocycles. The van der Waals surface area contributed by atoms with Gasteiger partial charge in [0.1, 0.15) is 5.78 Å². The Labute approximate surface area is 274 Å². The van der Waals surface area contributed by atoms with Crippen molar-refractivity contribution in [2.75, 3.05) is 11.4 Å². The standard InChI is InChI=1S/C38H49N3O5/c1-26(2)37(33(43)24-27(3)32(42)20-22-38(4,5)6)40-35(45)17-11-16-34(44)39-23-21-36(46)41-25-30-14-8-7-12-28(30)18-19-29-13-9-10-15-31(29)41/h7-10,12-15,26-27,37H,11,16-17,20-25H2,1-6H3,(H,39,44)(H,40,45)/t27-,37+/m1/s1. The van der Waals surface area contributed by atoms with E-state index in [2.05, 4.69) is 43.2 Å². The predicted molar refractivity (Wildman–Crippen MR) is 181 cm³/mol. The van der Waals surface area contributed by atoms with Crippen LogP contribution in [0.15, 0.2) is 48.5 Å². The van der Waals surface area contributed by atoms with Crippen LogP contribution in [0, 0.1) is 29.1 Å². The maximum atomic E-state index is 13.3. The quantitative estimate of drug-likeness (QED) is 0.245. The van der Waals surface area contributed by atoms with Crippen LogP contribution < -0.4 is 15.5 Å². The normalized spacial score (nSPS) is 13.6. The number of nitrogens with one attached hydrogen (secondary N) is 2. The molecule has 2 atom stereocenters. The molecule has 0 bridgehead atoms.